The number of carbonyl (C=O) groups excluding carboxylic acids is 1. The average Bonchev–Trinajstić information content (AvgIpc) is 2.84. The van der Waals surface area contributed by atoms with Crippen LogP contribution in [-0.2, 0) is 29.0 Å². The van der Waals surface area contributed by atoms with Crippen molar-refractivity contribution in [2.75, 3.05) is 7.11 Å². The van der Waals surface area contributed by atoms with Gasteiger partial charge in [0.15, 0.2) is 0 Å². The van der Waals surface area contributed by atoms with Gasteiger partial charge >= 0.3 is 0 Å². The zero-order valence-electron chi connectivity index (χ0n) is 13.2. The third-order valence-electron chi connectivity index (χ3n) is 4.19. The number of hydrogen-bond donors (Lipinski definition) is 2. The number of aliphatic hydroxyl groups excluding tert-OH is 1. The van der Waals surface area contributed by atoms with Gasteiger partial charge in [0, 0.05) is 13.5 Å². The Bertz CT molecular complexity index is 699. The van der Waals surface area contributed by atoms with Crippen LogP contribution in [0.2, 0.25) is 0 Å². The van der Waals surface area contributed by atoms with E-state index in [-0.39, 0.29) is 11.9 Å². The summed E-state index contributed by atoms with van der Waals surface area (Å²) >= 11 is 0. The van der Waals surface area contributed by atoms with Crippen molar-refractivity contribution in [3.63, 3.8) is 0 Å². The van der Waals surface area contributed by atoms with Crippen molar-refractivity contribution in [2.45, 2.75) is 31.6 Å². The molecule has 1 amide bonds. The van der Waals surface area contributed by atoms with Crippen LogP contribution in [0.25, 0.3) is 0 Å². The summed E-state index contributed by atoms with van der Waals surface area (Å²) in [5.41, 5.74) is 4.11. The highest BCUT2D eigenvalue weighted by molar-refractivity contribution is 5.79. The molecular weight excluding hydrogens is 290 g/mol. The molecule has 2 N–H and O–H groups in total. The van der Waals surface area contributed by atoms with E-state index in [1.54, 1.807) is 7.11 Å². The van der Waals surface area contributed by atoms with Crippen LogP contribution in [0.15, 0.2) is 48.5 Å². The molecule has 0 saturated carbocycles. The first-order valence-corrected chi connectivity index (χ1v) is 7.79. The van der Waals surface area contributed by atoms with Crippen molar-refractivity contribution in [3.05, 3.63) is 70.8 Å². The Hall–Kier alpha value is -2.17. The fourth-order valence-corrected chi connectivity index (χ4v) is 3.15. The lowest BCUT2D eigenvalue weighted by molar-refractivity contribution is -0.121. The monoisotopic (exact) mass is 311 g/mol. The molecule has 1 aliphatic rings. The molecule has 0 aliphatic heterocycles. The molecule has 0 fully saturated rings. The summed E-state index contributed by atoms with van der Waals surface area (Å²) in [5, 5.41) is 13.2. The molecule has 120 valence electrons. The number of ether oxygens (including phenoxy) is 1. The molecular formula is C19H21NO3. The lowest BCUT2D eigenvalue weighted by atomic mass is 10.1. The van der Waals surface area contributed by atoms with E-state index >= 15 is 0 Å². The van der Waals surface area contributed by atoms with Gasteiger partial charge in [-0.05, 0) is 22.3 Å². The highest BCUT2D eigenvalue weighted by atomic mass is 16.5. The van der Waals surface area contributed by atoms with Gasteiger partial charge in [-0.3, -0.25) is 4.79 Å². The molecule has 2 aromatic carbocycles. The largest absolute Gasteiger partial charge is 0.390 e. The predicted octanol–water partition coefficient (Wildman–Crippen LogP) is 2.15. The standard InChI is InChI=1S/C19H21NO3/c1-23-12-14-6-4-5-13(9-14)10-18(22)20-19-16-8-3-2-7-15(16)11-17(19)21/h2-9,17,19,21H,10-12H2,1H3,(H,20,22)/t17-,19+/m0/s1. The van der Waals surface area contributed by atoms with Crippen molar-refractivity contribution >= 4 is 5.91 Å². The van der Waals surface area contributed by atoms with Gasteiger partial charge in [-0.2, -0.15) is 0 Å². The summed E-state index contributed by atoms with van der Waals surface area (Å²) < 4.78 is 5.11. The number of methoxy groups -OCH3 is 1. The first kappa shape index (κ1) is 15.7. The molecule has 0 heterocycles. The van der Waals surface area contributed by atoms with Gasteiger partial charge in [0.1, 0.15) is 0 Å². The van der Waals surface area contributed by atoms with Crippen LogP contribution >= 0.6 is 0 Å². The van der Waals surface area contributed by atoms with Gasteiger partial charge in [-0.1, -0.05) is 48.5 Å². The zero-order valence-corrected chi connectivity index (χ0v) is 13.2. The molecule has 23 heavy (non-hydrogen) atoms. The van der Waals surface area contributed by atoms with E-state index in [4.69, 9.17) is 4.74 Å². The lowest BCUT2D eigenvalue weighted by Crippen LogP contribution is -2.34. The quantitative estimate of drug-likeness (QED) is 0.889. The number of amides is 1. The van der Waals surface area contributed by atoms with Gasteiger partial charge in [-0.25, -0.2) is 0 Å². The van der Waals surface area contributed by atoms with Crippen molar-refractivity contribution in [2.24, 2.45) is 0 Å². The van der Waals surface area contributed by atoms with E-state index in [9.17, 15) is 9.90 Å². The van der Waals surface area contributed by atoms with Crippen LogP contribution in [0.1, 0.15) is 28.3 Å². The Morgan fingerprint density at radius 2 is 2.00 bits per heavy atom. The number of fused-ring (bicyclic) bond motifs is 1. The van der Waals surface area contributed by atoms with Crippen LogP contribution in [0.3, 0.4) is 0 Å². The minimum Gasteiger partial charge on any atom is -0.390 e. The molecule has 0 spiro atoms. The number of rotatable bonds is 5. The summed E-state index contributed by atoms with van der Waals surface area (Å²) in [7, 11) is 1.65. The molecule has 4 nitrogen and oxygen atoms in total. The smallest absolute Gasteiger partial charge is 0.224 e. The highest BCUT2D eigenvalue weighted by Crippen LogP contribution is 2.31. The number of hydrogen-bond acceptors (Lipinski definition) is 3. The summed E-state index contributed by atoms with van der Waals surface area (Å²) in [4.78, 5) is 12.3. The summed E-state index contributed by atoms with van der Waals surface area (Å²) in [6, 6.07) is 15.3. The molecule has 2 aromatic rings. The first-order valence-electron chi connectivity index (χ1n) is 7.79. The fraction of sp³-hybridized carbons (Fsp3) is 0.316. The van der Waals surface area contributed by atoms with E-state index in [1.165, 1.54) is 0 Å². The summed E-state index contributed by atoms with van der Waals surface area (Å²) in [5.74, 6) is -0.0830. The Morgan fingerprint density at radius 3 is 2.83 bits per heavy atom. The van der Waals surface area contributed by atoms with Crippen molar-refractivity contribution in [3.8, 4) is 0 Å². The number of aliphatic hydroxyl groups is 1. The van der Waals surface area contributed by atoms with Crippen LogP contribution in [0, 0.1) is 0 Å². The van der Waals surface area contributed by atoms with Gasteiger partial charge in [-0.15, -0.1) is 0 Å². The average molecular weight is 311 g/mol. The Balaban J connectivity index is 1.67. The van der Waals surface area contributed by atoms with E-state index in [2.05, 4.69) is 5.32 Å². The minimum absolute atomic E-state index is 0.0830. The Labute approximate surface area is 136 Å². The van der Waals surface area contributed by atoms with Crippen molar-refractivity contribution in [1.29, 1.82) is 0 Å². The molecule has 4 heteroatoms. The second-order valence-electron chi connectivity index (χ2n) is 5.95. The Morgan fingerprint density at radius 1 is 1.22 bits per heavy atom. The van der Waals surface area contributed by atoms with Gasteiger partial charge in [0.05, 0.1) is 25.2 Å². The Kier molecular flexibility index (Phi) is 4.74. The topological polar surface area (TPSA) is 58.6 Å². The van der Waals surface area contributed by atoms with E-state index in [1.807, 2.05) is 48.5 Å². The van der Waals surface area contributed by atoms with Gasteiger partial charge in [0.25, 0.3) is 0 Å². The van der Waals surface area contributed by atoms with Crippen LogP contribution in [0.5, 0.6) is 0 Å². The highest BCUT2D eigenvalue weighted by Gasteiger charge is 2.31. The van der Waals surface area contributed by atoms with E-state index in [0.717, 1.165) is 22.3 Å². The van der Waals surface area contributed by atoms with E-state index < -0.39 is 6.10 Å². The third kappa shape index (κ3) is 3.60. The molecule has 0 bridgehead atoms. The zero-order chi connectivity index (χ0) is 16.2. The second-order valence-corrected chi connectivity index (χ2v) is 5.95. The van der Waals surface area contributed by atoms with Crippen LogP contribution < -0.4 is 5.32 Å². The third-order valence-corrected chi connectivity index (χ3v) is 4.19. The SMILES string of the molecule is COCc1cccc(CC(=O)N[C@@H]2c3ccccc3C[C@@H]2O)c1. The van der Waals surface area contributed by atoms with Crippen molar-refractivity contribution < 1.29 is 14.6 Å². The molecule has 2 atom stereocenters. The van der Waals surface area contributed by atoms with Gasteiger partial charge < -0.3 is 15.2 Å². The molecule has 0 aromatic heterocycles. The van der Waals surface area contributed by atoms with Crippen molar-refractivity contribution in [1.82, 2.24) is 5.32 Å². The number of carbonyl (C=O) groups is 1. The molecule has 0 saturated heterocycles. The maximum atomic E-state index is 12.3. The number of benzene rings is 2. The number of nitrogens with one attached hydrogen (secondary N) is 1. The van der Waals surface area contributed by atoms with Gasteiger partial charge in [0.2, 0.25) is 5.91 Å². The minimum atomic E-state index is -0.559. The summed E-state index contributed by atoms with van der Waals surface area (Å²) in [6.07, 6.45) is 0.323. The molecule has 0 unspecified atom stereocenters. The maximum Gasteiger partial charge on any atom is 0.224 e. The second kappa shape index (κ2) is 6.94. The first-order chi connectivity index (χ1) is 11.2. The lowest BCUT2D eigenvalue weighted by Gasteiger charge is -2.18. The normalized spacial score (nSPS) is 19.4. The fourth-order valence-electron chi connectivity index (χ4n) is 3.15. The predicted molar refractivity (Wildman–Crippen MR) is 87.9 cm³/mol. The maximum absolute atomic E-state index is 12.3. The van der Waals surface area contributed by atoms with Crippen LogP contribution in [0.4, 0.5) is 0 Å². The molecule has 0 radical (unpaired) electrons. The molecule has 1 aliphatic carbocycles. The summed E-state index contributed by atoms with van der Waals surface area (Å²) in [6.45, 7) is 0.532. The van der Waals surface area contributed by atoms with E-state index in [0.29, 0.717) is 19.4 Å². The molecule has 3 rings (SSSR count). The van der Waals surface area contributed by atoms with Crippen LogP contribution in [-0.4, -0.2) is 24.2 Å².